The summed E-state index contributed by atoms with van der Waals surface area (Å²) in [6.07, 6.45) is -3.13. The number of anilines is 2. The fourth-order valence-electron chi connectivity index (χ4n) is 3.89. The fourth-order valence-corrected chi connectivity index (χ4v) is 3.89. The van der Waals surface area contributed by atoms with Crippen LogP contribution in [0.3, 0.4) is 0 Å². The Bertz CT molecular complexity index is 1410. The van der Waals surface area contributed by atoms with E-state index >= 15 is 0 Å². The number of ether oxygens (including phenoxy) is 1. The highest BCUT2D eigenvalue weighted by atomic mass is 19.4. The van der Waals surface area contributed by atoms with Crippen LogP contribution < -0.4 is 5.32 Å². The monoisotopic (exact) mass is 493 g/mol. The summed E-state index contributed by atoms with van der Waals surface area (Å²) in [5.41, 5.74) is 2.15. The molecule has 2 heterocycles. The normalized spacial score (nSPS) is 11.2. The lowest BCUT2D eigenvalue weighted by Crippen LogP contribution is -2.16. The number of hydrogen-bond donors (Lipinski definition) is 1. The molecule has 6 nitrogen and oxygen atoms in total. The third-order valence-corrected chi connectivity index (χ3v) is 5.56. The van der Waals surface area contributed by atoms with Crippen molar-refractivity contribution in [1.29, 1.82) is 0 Å². The standard InChI is InChI=1S/C27H22F3N3O3/c1-17-14-23(18(2)33(17)21-10-4-3-5-11-21)24(34)16-36-26(35)22-12-7-13-31-25(22)32-20-9-6-8-19(15-20)27(28,29)30/h3-15H,16H2,1-2H3,(H,31,32). The second kappa shape index (κ2) is 10.1. The van der Waals surface area contributed by atoms with Crippen molar-refractivity contribution in [3.8, 4) is 5.69 Å². The summed E-state index contributed by atoms with van der Waals surface area (Å²) >= 11 is 0. The molecule has 4 rings (SSSR count). The number of Topliss-reactive ketones (excluding diaryl/α,β-unsaturated/α-hetero) is 1. The number of nitrogens with one attached hydrogen (secondary N) is 1. The van der Waals surface area contributed by atoms with E-state index in [1.165, 1.54) is 30.5 Å². The lowest BCUT2D eigenvalue weighted by atomic mass is 10.1. The first-order valence-electron chi connectivity index (χ1n) is 11.0. The maximum Gasteiger partial charge on any atom is 0.416 e. The number of aromatic nitrogens is 2. The zero-order valence-electron chi connectivity index (χ0n) is 19.5. The molecule has 1 N–H and O–H groups in total. The van der Waals surface area contributed by atoms with E-state index in [2.05, 4.69) is 10.3 Å². The molecule has 0 spiro atoms. The lowest BCUT2D eigenvalue weighted by Gasteiger charge is -2.13. The van der Waals surface area contributed by atoms with Crippen LogP contribution in [-0.4, -0.2) is 27.9 Å². The van der Waals surface area contributed by atoms with Gasteiger partial charge in [-0.05, 0) is 62.4 Å². The number of carbonyl (C=O) groups is 2. The van der Waals surface area contributed by atoms with Crippen LogP contribution in [0.2, 0.25) is 0 Å². The van der Waals surface area contributed by atoms with Gasteiger partial charge in [-0.1, -0.05) is 24.3 Å². The smallest absolute Gasteiger partial charge is 0.416 e. The predicted molar refractivity (Wildman–Crippen MR) is 129 cm³/mol. The minimum absolute atomic E-state index is 0.0107. The fraction of sp³-hybridized carbons (Fsp3) is 0.148. The molecule has 0 atom stereocenters. The summed E-state index contributed by atoms with van der Waals surface area (Å²) in [6.45, 7) is 3.19. The topological polar surface area (TPSA) is 73.2 Å². The van der Waals surface area contributed by atoms with Crippen molar-refractivity contribution < 1.29 is 27.5 Å². The predicted octanol–water partition coefficient (Wildman–Crippen LogP) is 6.29. The maximum atomic E-state index is 13.0. The quantitative estimate of drug-likeness (QED) is 0.242. The molecule has 0 aliphatic heterocycles. The van der Waals surface area contributed by atoms with Gasteiger partial charge in [-0.15, -0.1) is 0 Å². The summed E-state index contributed by atoms with van der Waals surface area (Å²) in [5.74, 6) is -1.20. The molecule has 0 bridgehead atoms. The molecule has 184 valence electrons. The van der Waals surface area contributed by atoms with Gasteiger partial charge in [-0.25, -0.2) is 9.78 Å². The average molecular weight is 493 g/mol. The maximum absolute atomic E-state index is 13.0. The van der Waals surface area contributed by atoms with Crippen molar-refractivity contribution in [3.63, 3.8) is 0 Å². The third kappa shape index (κ3) is 5.30. The summed E-state index contributed by atoms with van der Waals surface area (Å²) < 4.78 is 46.3. The number of benzene rings is 2. The Balaban J connectivity index is 1.49. The molecule has 0 saturated heterocycles. The summed E-state index contributed by atoms with van der Waals surface area (Å²) in [4.78, 5) is 29.7. The Kier molecular flexibility index (Phi) is 6.91. The first-order valence-corrected chi connectivity index (χ1v) is 11.0. The molecule has 0 radical (unpaired) electrons. The van der Waals surface area contributed by atoms with Gasteiger partial charge in [0.25, 0.3) is 0 Å². The van der Waals surface area contributed by atoms with Gasteiger partial charge in [0.15, 0.2) is 6.61 Å². The Hall–Kier alpha value is -4.40. The number of carbonyl (C=O) groups excluding carboxylic acids is 2. The molecule has 0 unspecified atom stereocenters. The van der Waals surface area contributed by atoms with Gasteiger partial charge in [0.1, 0.15) is 11.4 Å². The highest BCUT2D eigenvalue weighted by Gasteiger charge is 2.30. The number of rotatable bonds is 7. The second-order valence-electron chi connectivity index (χ2n) is 8.06. The van der Waals surface area contributed by atoms with Gasteiger partial charge < -0.3 is 14.6 Å². The summed E-state index contributed by atoms with van der Waals surface area (Å²) in [7, 11) is 0. The number of hydrogen-bond acceptors (Lipinski definition) is 5. The highest BCUT2D eigenvalue weighted by molar-refractivity contribution is 6.01. The number of esters is 1. The molecule has 0 amide bonds. The van der Waals surface area contributed by atoms with Crippen LogP contribution in [0, 0.1) is 13.8 Å². The SMILES string of the molecule is Cc1cc(C(=O)COC(=O)c2cccnc2Nc2cccc(C(F)(F)F)c2)c(C)n1-c1ccccc1. The number of aryl methyl sites for hydroxylation is 1. The van der Waals surface area contributed by atoms with Crippen molar-refractivity contribution in [2.45, 2.75) is 20.0 Å². The van der Waals surface area contributed by atoms with Gasteiger partial charge in [0.2, 0.25) is 5.78 Å². The summed E-state index contributed by atoms with van der Waals surface area (Å²) in [6, 6.07) is 18.7. The van der Waals surface area contributed by atoms with Crippen LogP contribution in [-0.2, 0) is 10.9 Å². The second-order valence-corrected chi connectivity index (χ2v) is 8.06. The average Bonchev–Trinajstić information content (AvgIpc) is 3.16. The van der Waals surface area contributed by atoms with Crippen LogP contribution in [0.1, 0.15) is 37.7 Å². The van der Waals surface area contributed by atoms with Crippen molar-refractivity contribution in [2.24, 2.45) is 0 Å². The largest absolute Gasteiger partial charge is 0.454 e. The number of ketones is 1. The number of alkyl halides is 3. The minimum Gasteiger partial charge on any atom is -0.454 e. The van der Waals surface area contributed by atoms with E-state index in [1.807, 2.05) is 48.7 Å². The molecule has 0 saturated carbocycles. The zero-order valence-corrected chi connectivity index (χ0v) is 19.5. The van der Waals surface area contributed by atoms with Gasteiger partial charge in [0.05, 0.1) is 5.56 Å². The molecule has 2 aromatic heterocycles. The van der Waals surface area contributed by atoms with Crippen LogP contribution in [0.15, 0.2) is 79.0 Å². The van der Waals surface area contributed by atoms with E-state index in [0.717, 1.165) is 23.5 Å². The van der Waals surface area contributed by atoms with E-state index < -0.39 is 24.3 Å². The van der Waals surface area contributed by atoms with E-state index in [0.29, 0.717) is 11.3 Å². The molecule has 0 fully saturated rings. The highest BCUT2D eigenvalue weighted by Crippen LogP contribution is 2.31. The van der Waals surface area contributed by atoms with Crippen LogP contribution in [0.4, 0.5) is 24.7 Å². The Morgan fingerprint density at radius 1 is 0.944 bits per heavy atom. The molecule has 2 aromatic carbocycles. The van der Waals surface area contributed by atoms with E-state index in [1.54, 1.807) is 6.07 Å². The van der Waals surface area contributed by atoms with E-state index in [9.17, 15) is 22.8 Å². The van der Waals surface area contributed by atoms with Crippen LogP contribution in [0.25, 0.3) is 5.69 Å². The lowest BCUT2D eigenvalue weighted by molar-refractivity contribution is -0.137. The van der Waals surface area contributed by atoms with Crippen LogP contribution >= 0.6 is 0 Å². The molecule has 0 aliphatic carbocycles. The first kappa shape index (κ1) is 24.7. The Morgan fingerprint density at radius 2 is 1.69 bits per heavy atom. The molecular formula is C27H22F3N3O3. The van der Waals surface area contributed by atoms with Gasteiger partial charge in [0, 0.05) is 34.5 Å². The zero-order chi connectivity index (χ0) is 25.9. The number of halogens is 3. The van der Waals surface area contributed by atoms with Crippen LogP contribution in [0.5, 0.6) is 0 Å². The summed E-state index contributed by atoms with van der Waals surface area (Å²) in [5, 5.41) is 2.72. The molecule has 36 heavy (non-hydrogen) atoms. The van der Waals surface area contributed by atoms with Crippen molar-refractivity contribution in [1.82, 2.24) is 9.55 Å². The van der Waals surface area contributed by atoms with Gasteiger partial charge >= 0.3 is 12.1 Å². The van der Waals surface area contributed by atoms with Gasteiger partial charge in [-0.3, -0.25) is 4.79 Å². The third-order valence-electron chi connectivity index (χ3n) is 5.56. The Labute approximate surface area is 205 Å². The van der Waals surface area contributed by atoms with Crippen molar-refractivity contribution in [3.05, 3.63) is 107 Å². The number of nitrogens with zero attached hydrogens (tertiary/aromatic N) is 2. The number of pyridine rings is 1. The van der Waals surface area contributed by atoms with Crippen molar-refractivity contribution >= 4 is 23.3 Å². The van der Waals surface area contributed by atoms with Gasteiger partial charge in [-0.2, -0.15) is 13.2 Å². The van der Waals surface area contributed by atoms with Crippen molar-refractivity contribution in [2.75, 3.05) is 11.9 Å². The Morgan fingerprint density at radius 3 is 2.42 bits per heavy atom. The molecule has 0 aliphatic rings. The molecule has 4 aromatic rings. The minimum atomic E-state index is -4.51. The first-order chi connectivity index (χ1) is 17.1. The number of para-hydroxylation sites is 1. The molecule has 9 heteroatoms. The van der Waals surface area contributed by atoms with E-state index in [-0.39, 0.29) is 22.9 Å². The molecular weight excluding hydrogens is 471 g/mol. The van der Waals surface area contributed by atoms with E-state index in [4.69, 9.17) is 4.74 Å².